The zero-order chi connectivity index (χ0) is 17.4. The molecule has 4 aromatic rings. The molecular weight excluding hydrogens is 336 g/mol. The molecule has 128 valence electrons. The highest BCUT2D eigenvalue weighted by Gasteiger charge is 2.13. The van der Waals surface area contributed by atoms with Crippen molar-refractivity contribution in [2.24, 2.45) is 7.05 Å². The van der Waals surface area contributed by atoms with Crippen LogP contribution in [0.5, 0.6) is 5.75 Å². The zero-order valence-corrected chi connectivity index (χ0v) is 15.1. The van der Waals surface area contributed by atoms with Gasteiger partial charge in [-0.1, -0.05) is 0 Å². The Morgan fingerprint density at radius 3 is 2.84 bits per heavy atom. The maximum Gasteiger partial charge on any atom is 0.198 e. The van der Waals surface area contributed by atoms with Crippen LogP contribution >= 0.6 is 11.3 Å². The van der Waals surface area contributed by atoms with Crippen LogP contribution < -0.4 is 4.74 Å². The van der Waals surface area contributed by atoms with Crippen LogP contribution in [0.15, 0.2) is 30.0 Å². The van der Waals surface area contributed by atoms with Crippen molar-refractivity contribution < 1.29 is 4.74 Å². The van der Waals surface area contributed by atoms with Crippen LogP contribution in [0.25, 0.3) is 16.2 Å². The molecule has 7 nitrogen and oxygen atoms in total. The van der Waals surface area contributed by atoms with Gasteiger partial charge in [0.2, 0.25) is 0 Å². The topological polar surface area (TPSA) is 70.1 Å². The van der Waals surface area contributed by atoms with E-state index in [0.29, 0.717) is 0 Å². The lowest BCUT2D eigenvalue weighted by molar-refractivity contribution is 0.416. The standard InChI is InChI=1S/C17H18N6OS/c1-11-4-5-13(24-3)17-20-15(21-23(11)17)6-7-16-19-12(9-22(16)2)14-8-18-10-25-14/h4-5,8-10H,6-7H2,1-3H3. The lowest BCUT2D eigenvalue weighted by atomic mass is 10.3. The number of fused-ring (bicyclic) bond motifs is 1. The van der Waals surface area contributed by atoms with Gasteiger partial charge >= 0.3 is 0 Å². The number of thiazole rings is 1. The van der Waals surface area contributed by atoms with Crippen LogP contribution in [0.4, 0.5) is 0 Å². The van der Waals surface area contributed by atoms with Crippen LogP contribution in [0.1, 0.15) is 17.3 Å². The Balaban J connectivity index is 1.58. The largest absolute Gasteiger partial charge is 0.493 e. The second-order valence-corrected chi connectivity index (χ2v) is 6.71. The van der Waals surface area contributed by atoms with E-state index in [2.05, 4.69) is 19.6 Å². The molecule has 0 amide bonds. The first-order chi connectivity index (χ1) is 12.2. The smallest absolute Gasteiger partial charge is 0.198 e. The number of aryl methyl sites for hydroxylation is 4. The Labute approximate surface area is 149 Å². The predicted octanol–water partition coefficient (Wildman–Crippen LogP) is 2.69. The van der Waals surface area contributed by atoms with Crippen molar-refractivity contribution in [3.05, 3.63) is 47.4 Å². The van der Waals surface area contributed by atoms with Crippen LogP contribution in [0.3, 0.4) is 0 Å². The highest BCUT2D eigenvalue weighted by molar-refractivity contribution is 7.13. The Bertz CT molecular complexity index is 1020. The van der Waals surface area contributed by atoms with E-state index in [1.54, 1.807) is 18.4 Å². The number of nitrogens with zero attached hydrogens (tertiary/aromatic N) is 6. The number of hydrogen-bond donors (Lipinski definition) is 0. The van der Waals surface area contributed by atoms with Gasteiger partial charge in [0.1, 0.15) is 11.5 Å². The maximum atomic E-state index is 5.38. The van der Waals surface area contributed by atoms with Gasteiger partial charge in [-0.25, -0.2) is 14.5 Å². The Morgan fingerprint density at radius 2 is 2.08 bits per heavy atom. The summed E-state index contributed by atoms with van der Waals surface area (Å²) in [6.45, 7) is 2.00. The summed E-state index contributed by atoms with van der Waals surface area (Å²) in [5, 5.41) is 4.60. The van der Waals surface area contributed by atoms with Gasteiger partial charge in [0.05, 0.1) is 17.5 Å². The average Bonchev–Trinajstić information content (AvgIpc) is 3.33. The normalized spacial score (nSPS) is 11.3. The van der Waals surface area contributed by atoms with E-state index < -0.39 is 0 Å². The van der Waals surface area contributed by atoms with Crippen LogP contribution in [0, 0.1) is 6.92 Å². The molecule has 4 rings (SSSR count). The zero-order valence-electron chi connectivity index (χ0n) is 14.3. The summed E-state index contributed by atoms with van der Waals surface area (Å²) in [4.78, 5) is 14.5. The first-order valence-electron chi connectivity index (χ1n) is 7.96. The minimum atomic E-state index is 0.720. The summed E-state index contributed by atoms with van der Waals surface area (Å²) >= 11 is 1.59. The number of hydrogen-bond acceptors (Lipinski definition) is 6. The fraction of sp³-hybridized carbons (Fsp3) is 0.294. The molecule has 4 aromatic heterocycles. The number of pyridine rings is 1. The third-order valence-corrected chi connectivity index (χ3v) is 4.93. The van der Waals surface area contributed by atoms with E-state index in [0.717, 1.165) is 52.2 Å². The molecule has 0 N–H and O–H groups in total. The molecule has 0 unspecified atom stereocenters. The van der Waals surface area contributed by atoms with E-state index in [1.165, 1.54) is 0 Å². The maximum absolute atomic E-state index is 5.38. The van der Waals surface area contributed by atoms with Crippen molar-refractivity contribution in [3.8, 4) is 16.3 Å². The number of methoxy groups -OCH3 is 1. The van der Waals surface area contributed by atoms with E-state index in [1.807, 2.05) is 48.5 Å². The molecule has 0 spiro atoms. The van der Waals surface area contributed by atoms with Crippen molar-refractivity contribution in [1.29, 1.82) is 0 Å². The molecule has 0 aliphatic rings. The first-order valence-corrected chi connectivity index (χ1v) is 8.84. The summed E-state index contributed by atoms with van der Waals surface area (Å²) in [5.74, 6) is 2.52. The minimum absolute atomic E-state index is 0.720. The fourth-order valence-corrected chi connectivity index (χ4v) is 3.36. The van der Waals surface area contributed by atoms with Crippen LogP contribution in [0.2, 0.25) is 0 Å². The second-order valence-electron chi connectivity index (χ2n) is 5.83. The molecular formula is C17H18N6OS. The molecule has 0 bridgehead atoms. The Kier molecular flexibility index (Phi) is 3.96. The van der Waals surface area contributed by atoms with Gasteiger partial charge in [-0.15, -0.1) is 11.3 Å². The summed E-state index contributed by atoms with van der Waals surface area (Å²) < 4.78 is 9.26. The highest BCUT2D eigenvalue weighted by Crippen LogP contribution is 2.23. The summed E-state index contributed by atoms with van der Waals surface area (Å²) in [5.41, 5.74) is 4.56. The molecule has 0 fully saturated rings. The van der Waals surface area contributed by atoms with E-state index in [9.17, 15) is 0 Å². The Hall–Kier alpha value is -2.74. The third-order valence-electron chi connectivity index (χ3n) is 4.13. The molecule has 0 aromatic carbocycles. The number of aromatic nitrogens is 6. The van der Waals surface area contributed by atoms with Crippen molar-refractivity contribution >= 4 is 17.0 Å². The van der Waals surface area contributed by atoms with Gasteiger partial charge in [0.15, 0.2) is 17.2 Å². The lowest BCUT2D eigenvalue weighted by Gasteiger charge is -2.02. The fourth-order valence-electron chi connectivity index (χ4n) is 2.79. The monoisotopic (exact) mass is 354 g/mol. The molecule has 4 heterocycles. The third kappa shape index (κ3) is 2.89. The molecule has 0 saturated heterocycles. The quantitative estimate of drug-likeness (QED) is 0.551. The van der Waals surface area contributed by atoms with Gasteiger partial charge in [0.25, 0.3) is 0 Å². The average molecular weight is 354 g/mol. The predicted molar refractivity (Wildman–Crippen MR) is 96.0 cm³/mol. The van der Waals surface area contributed by atoms with Gasteiger partial charge in [-0.05, 0) is 19.1 Å². The summed E-state index contributed by atoms with van der Waals surface area (Å²) in [7, 11) is 3.66. The van der Waals surface area contributed by atoms with Gasteiger partial charge in [-0.2, -0.15) is 5.10 Å². The molecule has 0 saturated carbocycles. The van der Waals surface area contributed by atoms with Crippen molar-refractivity contribution in [3.63, 3.8) is 0 Å². The molecule has 0 aliphatic carbocycles. The van der Waals surface area contributed by atoms with E-state index >= 15 is 0 Å². The summed E-state index contributed by atoms with van der Waals surface area (Å²) in [6, 6.07) is 3.90. The minimum Gasteiger partial charge on any atom is -0.493 e. The van der Waals surface area contributed by atoms with E-state index in [4.69, 9.17) is 9.72 Å². The molecule has 0 aliphatic heterocycles. The Morgan fingerprint density at radius 1 is 1.20 bits per heavy atom. The first kappa shape index (κ1) is 15.8. The van der Waals surface area contributed by atoms with Gasteiger partial charge in [0, 0.05) is 38.0 Å². The molecule has 8 heteroatoms. The molecule has 25 heavy (non-hydrogen) atoms. The number of imidazole rings is 1. The van der Waals surface area contributed by atoms with Gasteiger partial charge in [-0.3, -0.25) is 4.98 Å². The number of rotatable bonds is 5. The van der Waals surface area contributed by atoms with Crippen LogP contribution in [-0.4, -0.2) is 36.2 Å². The van der Waals surface area contributed by atoms with Crippen molar-refractivity contribution in [1.82, 2.24) is 29.1 Å². The van der Waals surface area contributed by atoms with Crippen molar-refractivity contribution in [2.45, 2.75) is 19.8 Å². The summed E-state index contributed by atoms with van der Waals surface area (Å²) in [6.07, 6.45) is 5.37. The highest BCUT2D eigenvalue weighted by atomic mass is 32.1. The van der Waals surface area contributed by atoms with Crippen LogP contribution in [-0.2, 0) is 19.9 Å². The molecule has 0 atom stereocenters. The van der Waals surface area contributed by atoms with E-state index in [-0.39, 0.29) is 0 Å². The molecule has 0 radical (unpaired) electrons. The SMILES string of the molecule is COc1ccc(C)n2nc(CCc3nc(-c4cncs4)cn3C)nc12. The van der Waals surface area contributed by atoms with Gasteiger partial charge < -0.3 is 9.30 Å². The second kappa shape index (κ2) is 6.29. The lowest BCUT2D eigenvalue weighted by Crippen LogP contribution is -2.01. The number of ether oxygens (including phenoxy) is 1. The van der Waals surface area contributed by atoms with Crippen molar-refractivity contribution in [2.75, 3.05) is 7.11 Å².